The molecule has 0 spiro atoms. The van der Waals surface area contributed by atoms with E-state index in [4.69, 9.17) is 0 Å². The van der Waals surface area contributed by atoms with Crippen molar-refractivity contribution in [2.75, 3.05) is 0 Å². The summed E-state index contributed by atoms with van der Waals surface area (Å²) in [4.78, 5) is 3.31. The van der Waals surface area contributed by atoms with Gasteiger partial charge in [0.15, 0.2) is 0 Å². The number of nitrogens with zero attached hydrogens (tertiary/aromatic N) is 2. The summed E-state index contributed by atoms with van der Waals surface area (Å²) in [6.45, 7) is 3.30. The Kier molecular flexibility index (Phi) is 1.70. The third-order valence-electron chi connectivity index (χ3n) is 1.44. The van der Waals surface area contributed by atoms with E-state index in [0.717, 1.165) is 0 Å². The Morgan fingerprint density at radius 2 is 2.20 bits per heavy atom. The average Bonchev–Trinajstić information content (AvgIpc) is 2.17. The molecule has 0 atom stereocenters. The minimum absolute atomic E-state index is 0.0428. The summed E-state index contributed by atoms with van der Waals surface area (Å²) in [5.41, 5.74) is 0.722. The van der Waals surface area contributed by atoms with Gasteiger partial charge in [-0.2, -0.15) is 4.39 Å². The summed E-state index contributed by atoms with van der Waals surface area (Å²) in [5, 5.41) is 0. The summed E-state index contributed by atoms with van der Waals surface area (Å²) < 4.78 is 24.7. The van der Waals surface area contributed by atoms with Gasteiger partial charge in [-0.15, -0.1) is 4.79 Å². The maximum Gasteiger partial charge on any atom is 0.318 e. The number of aryl methyl sites for hydroxylation is 1. The Balaban J connectivity index is 3.17. The van der Waals surface area contributed by atoms with Crippen LogP contribution < -0.4 is 0 Å². The van der Waals surface area contributed by atoms with E-state index < -0.39 is 6.08 Å². The van der Waals surface area contributed by atoms with Crippen molar-refractivity contribution in [3.05, 3.63) is 17.5 Å². The molecule has 0 amide bonds. The van der Waals surface area contributed by atoms with Gasteiger partial charge in [-0.05, 0) is 13.3 Å². The van der Waals surface area contributed by atoms with Crippen molar-refractivity contribution in [2.45, 2.75) is 20.3 Å². The van der Waals surface area contributed by atoms with Crippen molar-refractivity contribution < 1.29 is 8.87 Å². The van der Waals surface area contributed by atoms with E-state index in [1.54, 1.807) is 6.92 Å². The number of hydrogen-bond donors (Lipinski definition) is 0. The van der Waals surface area contributed by atoms with Gasteiger partial charge in [0.2, 0.25) is 0 Å². The highest BCUT2D eigenvalue weighted by Gasteiger charge is 2.10. The van der Waals surface area contributed by atoms with Crippen LogP contribution >= 0.6 is 0 Å². The molecule has 0 bridgehead atoms. The van der Waals surface area contributed by atoms with E-state index in [2.05, 4.69) is 4.98 Å². The molecular weight excluding hydrogens is 138 g/mol. The second-order valence-corrected chi connectivity index (χ2v) is 2.05. The molecule has 0 saturated carbocycles. The van der Waals surface area contributed by atoms with Gasteiger partial charge in [0.05, 0.1) is 11.4 Å². The standard InChI is InChI=1S/C6H8F2N2/c1-3-5-4(2)10(8)6(7)9-5/h3H2,1-2H3. The topological polar surface area (TPSA) is 17.8 Å². The molecule has 56 valence electrons. The molecule has 0 aromatic carbocycles. The molecule has 1 aromatic rings. The van der Waals surface area contributed by atoms with Crippen LogP contribution in [-0.4, -0.2) is 9.77 Å². The highest BCUT2D eigenvalue weighted by Crippen LogP contribution is 2.09. The predicted octanol–water partition coefficient (Wildman–Crippen LogP) is 1.63. The largest absolute Gasteiger partial charge is 0.318 e. The first-order chi connectivity index (χ1) is 4.66. The minimum atomic E-state index is -1.06. The third kappa shape index (κ3) is 0.894. The molecule has 0 unspecified atom stereocenters. The van der Waals surface area contributed by atoms with E-state index in [0.29, 0.717) is 12.1 Å². The maximum atomic E-state index is 12.4. The lowest BCUT2D eigenvalue weighted by Crippen LogP contribution is -1.89. The van der Waals surface area contributed by atoms with Crippen LogP contribution in [0.4, 0.5) is 8.87 Å². The Bertz CT molecular complexity index is 242. The van der Waals surface area contributed by atoms with Gasteiger partial charge in [0.25, 0.3) is 0 Å². The zero-order valence-electron chi connectivity index (χ0n) is 5.86. The number of hydrogen-bond acceptors (Lipinski definition) is 1. The molecule has 0 aliphatic heterocycles. The molecule has 0 aliphatic rings. The molecule has 0 N–H and O–H groups in total. The van der Waals surface area contributed by atoms with Crippen molar-refractivity contribution in [2.24, 2.45) is 0 Å². The lowest BCUT2D eigenvalue weighted by atomic mass is 10.3. The summed E-state index contributed by atoms with van der Waals surface area (Å²) in [6, 6.07) is 0. The first-order valence-corrected chi connectivity index (χ1v) is 3.06. The zero-order chi connectivity index (χ0) is 7.72. The Morgan fingerprint density at radius 3 is 2.40 bits per heavy atom. The molecular formula is C6H8F2N2. The van der Waals surface area contributed by atoms with E-state index >= 15 is 0 Å². The van der Waals surface area contributed by atoms with Crippen LogP contribution in [-0.2, 0) is 6.42 Å². The fourth-order valence-corrected chi connectivity index (χ4v) is 0.823. The van der Waals surface area contributed by atoms with E-state index in [1.807, 2.05) is 0 Å². The minimum Gasteiger partial charge on any atom is -0.205 e. The fraction of sp³-hybridized carbons (Fsp3) is 0.500. The number of halogens is 2. The van der Waals surface area contributed by atoms with Crippen molar-refractivity contribution in [3.8, 4) is 0 Å². The molecule has 0 aliphatic carbocycles. The van der Waals surface area contributed by atoms with E-state index in [-0.39, 0.29) is 10.5 Å². The highest BCUT2D eigenvalue weighted by molar-refractivity contribution is 5.09. The number of rotatable bonds is 1. The van der Waals surface area contributed by atoms with Crippen LogP contribution in [0.15, 0.2) is 0 Å². The Hall–Kier alpha value is -0.930. The molecule has 1 heterocycles. The Labute approximate surface area is 57.4 Å². The smallest absolute Gasteiger partial charge is 0.205 e. The van der Waals surface area contributed by atoms with Gasteiger partial charge in [0.1, 0.15) is 0 Å². The number of aromatic nitrogens is 2. The normalized spacial score (nSPS) is 10.4. The molecule has 4 heteroatoms. The Morgan fingerprint density at radius 1 is 1.60 bits per heavy atom. The van der Waals surface area contributed by atoms with E-state index in [9.17, 15) is 8.87 Å². The van der Waals surface area contributed by atoms with Crippen molar-refractivity contribution in [3.63, 3.8) is 0 Å². The van der Waals surface area contributed by atoms with Crippen molar-refractivity contribution in [1.82, 2.24) is 9.77 Å². The second-order valence-electron chi connectivity index (χ2n) is 2.05. The molecule has 0 fully saturated rings. The molecule has 0 radical (unpaired) electrons. The maximum absolute atomic E-state index is 12.4. The second kappa shape index (κ2) is 2.36. The van der Waals surface area contributed by atoms with Gasteiger partial charge in [-0.3, -0.25) is 0 Å². The molecule has 1 rings (SSSR count). The van der Waals surface area contributed by atoms with Crippen LogP contribution in [0.2, 0.25) is 0 Å². The lowest BCUT2D eigenvalue weighted by molar-refractivity contribution is 0.282. The van der Waals surface area contributed by atoms with Crippen LogP contribution in [0.1, 0.15) is 18.3 Å². The van der Waals surface area contributed by atoms with Crippen LogP contribution in [0.25, 0.3) is 0 Å². The summed E-state index contributed by atoms with van der Waals surface area (Å²) in [5.74, 6) is 0. The molecule has 10 heavy (non-hydrogen) atoms. The lowest BCUT2D eigenvalue weighted by Gasteiger charge is -1.89. The summed E-state index contributed by atoms with van der Waals surface area (Å²) in [6.07, 6.45) is -0.506. The third-order valence-corrected chi connectivity index (χ3v) is 1.44. The van der Waals surface area contributed by atoms with Crippen molar-refractivity contribution >= 4 is 0 Å². The van der Waals surface area contributed by atoms with Crippen molar-refractivity contribution in [1.29, 1.82) is 0 Å². The van der Waals surface area contributed by atoms with Crippen LogP contribution in [0, 0.1) is 13.0 Å². The summed E-state index contributed by atoms with van der Waals surface area (Å²) >= 11 is 0. The zero-order valence-corrected chi connectivity index (χ0v) is 5.86. The number of imidazole rings is 1. The monoisotopic (exact) mass is 146 g/mol. The van der Waals surface area contributed by atoms with Gasteiger partial charge in [-0.1, -0.05) is 11.4 Å². The first-order valence-electron chi connectivity index (χ1n) is 3.06. The van der Waals surface area contributed by atoms with Gasteiger partial charge >= 0.3 is 6.08 Å². The molecule has 1 aromatic heterocycles. The van der Waals surface area contributed by atoms with Gasteiger partial charge in [0, 0.05) is 0 Å². The quantitative estimate of drug-likeness (QED) is 0.588. The van der Waals surface area contributed by atoms with Gasteiger partial charge in [-0.25, -0.2) is 4.98 Å². The molecule has 2 nitrogen and oxygen atoms in total. The average molecular weight is 146 g/mol. The highest BCUT2D eigenvalue weighted by atomic mass is 19.2. The van der Waals surface area contributed by atoms with Crippen LogP contribution in [0.5, 0.6) is 0 Å². The SMILES string of the molecule is CCc1nc(F)n(F)c1C. The van der Waals surface area contributed by atoms with E-state index in [1.165, 1.54) is 6.92 Å². The molecule has 0 saturated heterocycles. The van der Waals surface area contributed by atoms with Crippen LogP contribution in [0.3, 0.4) is 0 Å². The first kappa shape index (κ1) is 7.18. The predicted molar refractivity (Wildman–Crippen MR) is 32.8 cm³/mol. The van der Waals surface area contributed by atoms with Gasteiger partial charge < -0.3 is 0 Å². The fourth-order valence-electron chi connectivity index (χ4n) is 0.823. The summed E-state index contributed by atoms with van der Waals surface area (Å²) in [7, 11) is 0.